The van der Waals surface area contributed by atoms with E-state index in [-0.39, 0.29) is 5.82 Å². The summed E-state index contributed by atoms with van der Waals surface area (Å²) in [6, 6.07) is 12.5. The van der Waals surface area contributed by atoms with E-state index in [1.165, 1.54) is 12.1 Å². The average Bonchev–Trinajstić information content (AvgIpc) is 2.48. The number of pyridine rings is 2. The molecule has 2 heterocycles. The second-order valence-electron chi connectivity index (χ2n) is 4.21. The van der Waals surface area contributed by atoms with E-state index in [1.54, 1.807) is 24.8 Å². The predicted molar refractivity (Wildman–Crippen MR) is 72.9 cm³/mol. The minimum atomic E-state index is -0.264. The van der Waals surface area contributed by atoms with E-state index in [9.17, 15) is 4.39 Å². The van der Waals surface area contributed by atoms with Gasteiger partial charge in [-0.15, -0.1) is 0 Å². The summed E-state index contributed by atoms with van der Waals surface area (Å²) in [5.74, 6) is -0.264. The molecule has 0 aliphatic heterocycles. The number of hydrogen-bond donors (Lipinski definition) is 0. The fourth-order valence-electron chi connectivity index (χ4n) is 1.99. The highest BCUT2D eigenvalue weighted by atomic mass is 19.1. The molecular formula is C16H11FN2. The predicted octanol–water partition coefficient (Wildman–Crippen LogP) is 3.95. The molecule has 0 unspecified atom stereocenters. The fourth-order valence-corrected chi connectivity index (χ4v) is 1.99. The van der Waals surface area contributed by atoms with Crippen LogP contribution in [0.2, 0.25) is 0 Å². The zero-order valence-corrected chi connectivity index (χ0v) is 10.1. The van der Waals surface area contributed by atoms with Gasteiger partial charge in [0.2, 0.25) is 0 Å². The Balaban J connectivity index is 2.12. The van der Waals surface area contributed by atoms with Crippen LogP contribution in [-0.2, 0) is 0 Å². The van der Waals surface area contributed by atoms with Crippen LogP contribution in [0.15, 0.2) is 67.3 Å². The van der Waals surface area contributed by atoms with Crippen molar-refractivity contribution in [3.63, 3.8) is 0 Å². The van der Waals surface area contributed by atoms with Crippen molar-refractivity contribution in [1.82, 2.24) is 9.97 Å². The second kappa shape index (κ2) is 4.98. The van der Waals surface area contributed by atoms with Crippen LogP contribution >= 0.6 is 0 Å². The molecule has 0 aliphatic rings. The third kappa shape index (κ3) is 2.50. The SMILES string of the molecule is Fc1cc(-c2cccnc2)cc(-c2cccnc2)c1. The maximum atomic E-state index is 13.8. The molecule has 0 bridgehead atoms. The standard InChI is InChI=1S/C16H11FN2/c17-16-8-14(12-3-1-5-18-10-12)7-15(9-16)13-4-2-6-19-11-13/h1-11H. The summed E-state index contributed by atoms with van der Waals surface area (Å²) in [6.07, 6.45) is 6.85. The molecule has 1 aromatic carbocycles. The maximum absolute atomic E-state index is 13.8. The molecule has 0 N–H and O–H groups in total. The minimum absolute atomic E-state index is 0.264. The molecule has 0 amide bonds. The van der Waals surface area contributed by atoms with E-state index in [0.29, 0.717) is 0 Å². The molecule has 0 fully saturated rings. The number of halogens is 1. The molecule has 3 rings (SSSR count). The number of nitrogens with zero attached hydrogens (tertiary/aromatic N) is 2. The van der Waals surface area contributed by atoms with Crippen LogP contribution in [0.1, 0.15) is 0 Å². The highest BCUT2D eigenvalue weighted by Gasteiger charge is 2.05. The topological polar surface area (TPSA) is 25.8 Å². The molecule has 3 aromatic rings. The van der Waals surface area contributed by atoms with Crippen LogP contribution in [0.3, 0.4) is 0 Å². The molecule has 0 spiro atoms. The summed E-state index contributed by atoms with van der Waals surface area (Å²) in [7, 11) is 0. The average molecular weight is 250 g/mol. The van der Waals surface area contributed by atoms with E-state index in [2.05, 4.69) is 9.97 Å². The highest BCUT2D eigenvalue weighted by molar-refractivity contribution is 5.72. The summed E-state index contributed by atoms with van der Waals surface area (Å²) in [4.78, 5) is 8.12. The molecule has 19 heavy (non-hydrogen) atoms. The molecule has 0 atom stereocenters. The van der Waals surface area contributed by atoms with Crippen LogP contribution in [-0.4, -0.2) is 9.97 Å². The van der Waals surface area contributed by atoms with Gasteiger partial charge in [0, 0.05) is 35.9 Å². The molecule has 0 aliphatic carbocycles. The lowest BCUT2D eigenvalue weighted by Gasteiger charge is -2.06. The van der Waals surface area contributed by atoms with Crippen LogP contribution < -0.4 is 0 Å². The van der Waals surface area contributed by atoms with Gasteiger partial charge in [0.1, 0.15) is 5.82 Å². The van der Waals surface area contributed by atoms with Crippen LogP contribution in [0.5, 0.6) is 0 Å². The molecule has 0 saturated carbocycles. The largest absolute Gasteiger partial charge is 0.264 e. The fraction of sp³-hybridized carbons (Fsp3) is 0. The van der Waals surface area contributed by atoms with Gasteiger partial charge in [0.25, 0.3) is 0 Å². The van der Waals surface area contributed by atoms with E-state index in [0.717, 1.165) is 22.3 Å². The van der Waals surface area contributed by atoms with Gasteiger partial charge in [0.05, 0.1) is 0 Å². The van der Waals surface area contributed by atoms with Gasteiger partial charge in [-0.05, 0) is 41.5 Å². The van der Waals surface area contributed by atoms with Crippen molar-refractivity contribution in [2.24, 2.45) is 0 Å². The van der Waals surface area contributed by atoms with Gasteiger partial charge < -0.3 is 0 Å². The first-order chi connectivity index (χ1) is 9.33. The van der Waals surface area contributed by atoms with E-state index in [1.807, 2.05) is 30.3 Å². The van der Waals surface area contributed by atoms with E-state index < -0.39 is 0 Å². The Bertz CT molecular complexity index is 624. The molecule has 92 valence electrons. The zero-order chi connectivity index (χ0) is 13.1. The number of rotatable bonds is 2. The zero-order valence-electron chi connectivity index (χ0n) is 10.1. The first kappa shape index (κ1) is 11.5. The first-order valence-electron chi connectivity index (χ1n) is 5.94. The number of hydrogen-bond acceptors (Lipinski definition) is 2. The Morgan fingerprint density at radius 3 is 1.63 bits per heavy atom. The van der Waals surface area contributed by atoms with Crippen molar-refractivity contribution in [3.05, 3.63) is 73.1 Å². The molecule has 2 nitrogen and oxygen atoms in total. The summed E-state index contributed by atoms with van der Waals surface area (Å²) in [5.41, 5.74) is 3.41. The normalized spacial score (nSPS) is 10.4. The van der Waals surface area contributed by atoms with Crippen molar-refractivity contribution in [2.75, 3.05) is 0 Å². The summed E-state index contributed by atoms with van der Waals surface area (Å²) in [5, 5.41) is 0. The molecule has 0 radical (unpaired) electrons. The summed E-state index contributed by atoms with van der Waals surface area (Å²) in [6.45, 7) is 0. The van der Waals surface area contributed by atoms with Gasteiger partial charge in [0.15, 0.2) is 0 Å². The quantitative estimate of drug-likeness (QED) is 0.688. The summed E-state index contributed by atoms with van der Waals surface area (Å²) < 4.78 is 13.8. The van der Waals surface area contributed by atoms with Crippen molar-refractivity contribution >= 4 is 0 Å². The Morgan fingerprint density at radius 2 is 1.21 bits per heavy atom. The lowest BCUT2D eigenvalue weighted by Crippen LogP contribution is -1.86. The Labute approximate surface area is 110 Å². The van der Waals surface area contributed by atoms with E-state index >= 15 is 0 Å². The highest BCUT2D eigenvalue weighted by Crippen LogP contribution is 2.26. The molecule has 2 aromatic heterocycles. The smallest absolute Gasteiger partial charge is 0.124 e. The third-order valence-corrected chi connectivity index (χ3v) is 2.89. The molecular weight excluding hydrogens is 239 g/mol. The number of benzene rings is 1. The van der Waals surface area contributed by atoms with Gasteiger partial charge >= 0.3 is 0 Å². The first-order valence-corrected chi connectivity index (χ1v) is 5.94. The lowest BCUT2D eigenvalue weighted by atomic mass is 10.0. The van der Waals surface area contributed by atoms with Crippen molar-refractivity contribution in [3.8, 4) is 22.3 Å². The minimum Gasteiger partial charge on any atom is -0.264 e. The maximum Gasteiger partial charge on any atom is 0.124 e. The van der Waals surface area contributed by atoms with Crippen LogP contribution in [0.25, 0.3) is 22.3 Å². The van der Waals surface area contributed by atoms with E-state index in [4.69, 9.17) is 0 Å². The monoisotopic (exact) mass is 250 g/mol. The van der Waals surface area contributed by atoms with Gasteiger partial charge in [-0.25, -0.2) is 4.39 Å². The number of aromatic nitrogens is 2. The van der Waals surface area contributed by atoms with Crippen molar-refractivity contribution in [1.29, 1.82) is 0 Å². The van der Waals surface area contributed by atoms with Crippen molar-refractivity contribution in [2.45, 2.75) is 0 Å². The van der Waals surface area contributed by atoms with Gasteiger partial charge in [-0.2, -0.15) is 0 Å². The Hall–Kier alpha value is -2.55. The lowest BCUT2D eigenvalue weighted by molar-refractivity contribution is 0.629. The summed E-state index contributed by atoms with van der Waals surface area (Å²) >= 11 is 0. The van der Waals surface area contributed by atoms with Crippen LogP contribution in [0, 0.1) is 5.82 Å². The Morgan fingerprint density at radius 1 is 0.684 bits per heavy atom. The van der Waals surface area contributed by atoms with Gasteiger partial charge in [-0.3, -0.25) is 9.97 Å². The molecule has 3 heteroatoms. The van der Waals surface area contributed by atoms with Gasteiger partial charge in [-0.1, -0.05) is 12.1 Å². The van der Waals surface area contributed by atoms with Crippen LogP contribution in [0.4, 0.5) is 4.39 Å². The third-order valence-electron chi connectivity index (χ3n) is 2.89. The molecule has 0 saturated heterocycles. The second-order valence-corrected chi connectivity index (χ2v) is 4.21. The Kier molecular flexibility index (Phi) is 3.02. The van der Waals surface area contributed by atoms with Crippen molar-refractivity contribution < 1.29 is 4.39 Å².